The topological polar surface area (TPSA) is 23.6 Å². The number of hydrogen-bond acceptors (Lipinski definition) is 2. The molecule has 1 aliphatic heterocycles. The Hall–Kier alpha value is -1.32. The lowest BCUT2D eigenvalue weighted by molar-refractivity contribution is -0.134. The van der Waals surface area contributed by atoms with Crippen LogP contribution < -0.4 is 0 Å². The van der Waals surface area contributed by atoms with Gasteiger partial charge in [0.25, 0.3) is 0 Å². The highest BCUT2D eigenvalue weighted by molar-refractivity contribution is 6.30. The van der Waals surface area contributed by atoms with E-state index in [4.69, 9.17) is 11.6 Å². The Morgan fingerprint density at radius 1 is 1.15 bits per heavy atom. The normalized spacial score (nSPS) is 19.7. The van der Waals surface area contributed by atoms with Gasteiger partial charge in [0.05, 0.1) is 0 Å². The first-order chi connectivity index (χ1) is 12.8. The fraction of sp³-hybridized carbons (Fsp3) is 0.609. The van der Waals surface area contributed by atoms with Gasteiger partial charge in [0.15, 0.2) is 0 Å². The Morgan fingerprint density at radius 3 is 2.26 bits per heavy atom. The Labute approximate surface area is 169 Å². The van der Waals surface area contributed by atoms with Gasteiger partial charge in [-0.05, 0) is 56.2 Å². The first-order valence-electron chi connectivity index (χ1n) is 10.2. The van der Waals surface area contributed by atoms with Gasteiger partial charge in [-0.25, -0.2) is 0 Å². The van der Waals surface area contributed by atoms with Crippen molar-refractivity contribution in [3.63, 3.8) is 0 Å². The maximum atomic E-state index is 12.3. The van der Waals surface area contributed by atoms with Crippen molar-refractivity contribution in [3.05, 3.63) is 46.5 Å². The van der Waals surface area contributed by atoms with Gasteiger partial charge >= 0.3 is 0 Å². The summed E-state index contributed by atoms with van der Waals surface area (Å²) in [6.45, 7) is 12.6. The molecule has 0 N–H and O–H groups in total. The van der Waals surface area contributed by atoms with Gasteiger partial charge in [-0.1, -0.05) is 49.2 Å². The Balaban J connectivity index is 1.68. The molecule has 1 amide bonds. The summed E-state index contributed by atoms with van der Waals surface area (Å²) in [4.78, 5) is 17.0. The lowest BCUT2D eigenvalue weighted by Gasteiger charge is -2.41. The Morgan fingerprint density at radius 2 is 1.74 bits per heavy atom. The SMILES string of the molecule is CC(C)=CC(CC(C)(C)c1ccc(Cl)cc1)N1CCN(C(=O)C2CC2)CC1. The van der Waals surface area contributed by atoms with Crippen LogP contribution in [-0.2, 0) is 10.2 Å². The summed E-state index contributed by atoms with van der Waals surface area (Å²) in [5.74, 6) is 0.712. The van der Waals surface area contributed by atoms with Crippen LogP contribution in [0.1, 0.15) is 52.5 Å². The van der Waals surface area contributed by atoms with Crippen LogP contribution in [0.25, 0.3) is 0 Å². The smallest absolute Gasteiger partial charge is 0.225 e. The number of benzene rings is 1. The molecule has 1 aromatic rings. The molecule has 1 aromatic carbocycles. The van der Waals surface area contributed by atoms with E-state index in [2.05, 4.69) is 55.7 Å². The predicted octanol–water partition coefficient (Wildman–Crippen LogP) is 4.90. The molecule has 2 fully saturated rings. The van der Waals surface area contributed by atoms with E-state index in [0.29, 0.717) is 17.9 Å². The van der Waals surface area contributed by atoms with Crippen molar-refractivity contribution in [3.8, 4) is 0 Å². The van der Waals surface area contributed by atoms with Gasteiger partial charge in [0.2, 0.25) is 5.91 Å². The highest BCUT2D eigenvalue weighted by Gasteiger charge is 2.36. The molecule has 0 bridgehead atoms. The third-order valence-corrected chi connectivity index (χ3v) is 6.14. The molecule has 1 saturated carbocycles. The molecule has 1 unspecified atom stereocenters. The number of carbonyl (C=O) groups excluding carboxylic acids is 1. The molecule has 1 saturated heterocycles. The van der Waals surface area contributed by atoms with Gasteiger partial charge in [-0.2, -0.15) is 0 Å². The van der Waals surface area contributed by atoms with Gasteiger partial charge in [0, 0.05) is 43.2 Å². The number of allylic oxidation sites excluding steroid dienone is 1. The van der Waals surface area contributed by atoms with Gasteiger partial charge in [0.1, 0.15) is 0 Å². The fourth-order valence-corrected chi connectivity index (χ4v) is 4.21. The van der Waals surface area contributed by atoms with Gasteiger partial charge in [-0.3, -0.25) is 9.69 Å². The lowest BCUT2D eigenvalue weighted by atomic mass is 9.78. The van der Waals surface area contributed by atoms with Crippen molar-refractivity contribution in [2.24, 2.45) is 5.92 Å². The van der Waals surface area contributed by atoms with Crippen LogP contribution in [0.15, 0.2) is 35.9 Å². The highest BCUT2D eigenvalue weighted by Crippen LogP contribution is 2.33. The summed E-state index contributed by atoms with van der Waals surface area (Å²) in [7, 11) is 0. The molecular formula is C23H33ClN2O. The number of piperazine rings is 1. The second-order valence-electron chi connectivity index (χ2n) is 9.04. The molecular weight excluding hydrogens is 356 g/mol. The predicted molar refractivity (Wildman–Crippen MR) is 113 cm³/mol. The zero-order valence-corrected chi connectivity index (χ0v) is 17.9. The van der Waals surface area contributed by atoms with Crippen LogP contribution in [-0.4, -0.2) is 47.9 Å². The summed E-state index contributed by atoms with van der Waals surface area (Å²) in [5.41, 5.74) is 2.73. The number of hydrogen-bond donors (Lipinski definition) is 0. The number of amides is 1. The minimum Gasteiger partial charge on any atom is -0.340 e. The quantitative estimate of drug-likeness (QED) is 0.647. The maximum absolute atomic E-state index is 12.3. The average molecular weight is 389 g/mol. The second-order valence-corrected chi connectivity index (χ2v) is 9.48. The van der Waals surface area contributed by atoms with Crippen LogP contribution in [0.3, 0.4) is 0 Å². The van der Waals surface area contributed by atoms with E-state index in [-0.39, 0.29) is 5.41 Å². The van der Waals surface area contributed by atoms with Crippen molar-refractivity contribution < 1.29 is 4.79 Å². The monoisotopic (exact) mass is 388 g/mol. The highest BCUT2D eigenvalue weighted by atomic mass is 35.5. The van der Waals surface area contributed by atoms with E-state index in [1.165, 1.54) is 11.1 Å². The summed E-state index contributed by atoms with van der Waals surface area (Å²) < 4.78 is 0. The van der Waals surface area contributed by atoms with Gasteiger partial charge in [-0.15, -0.1) is 0 Å². The van der Waals surface area contributed by atoms with Crippen molar-refractivity contribution in [1.82, 2.24) is 9.80 Å². The fourth-order valence-electron chi connectivity index (χ4n) is 4.08. The summed E-state index contributed by atoms with van der Waals surface area (Å²) >= 11 is 6.07. The van der Waals surface area contributed by atoms with Crippen LogP contribution in [0.4, 0.5) is 0 Å². The van der Waals surface area contributed by atoms with Crippen LogP contribution in [0.2, 0.25) is 5.02 Å². The van der Waals surface area contributed by atoms with Crippen LogP contribution >= 0.6 is 11.6 Å². The lowest BCUT2D eigenvalue weighted by Crippen LogP contribution is -2.52. The summed E-state index contributed by atoms with van der Waals surface area (Å²) in [6.07, 6.45) is 5.63. The molecule has 148 valence electrons. The zero-order chi connectivity index (χ0) is 19.6. The Kier molecular flexibility index (Phi) is 6.32. The molecule has 4 heteroatoms. The van der Waals surface area contributed by atoms with Crippen LogP contribution in [0.5, 0.6) is 0 Å². The second kappa shape index (κ2) is 8.36. The molecule has 1 atom stereocenters. The third kappa shape index (κ3) is 5.36. The van der Waals surface area contributed by atoms with Gasteiger partial charge < -0.3 is 4.90 Å². The number of carbonyl (C=O) groups is 1. The minimum absolute atomic E-state index is 0.0577. The molecule has 0 aromatic heterocycles. The van der Waals surface area contributed by atoms with E-state index in [1.54, 1.807) is 0 Å². The molecule has 3 nitrogen and oxygen atoms in total. The average Bonchev–Trinajstić information content (AvgIpc) is 3.45. The minimum atomic E-state index is 0.0577. The summed E-state index contributed by atoms with van der Waals surface area (Å²) in [6, 6.07) is 8.65. The van der Waals surface area contributed by atoms with E-state index < -0.39 is 0 Å². The van der Waals surface area contributed by atoms with Crippen molar-refractivity contribution >= 4 is 17.5 Å². The molecule has 3 rings (SSSR count). The van der Waals surface area contributed by atoms with Crippen molar-refractivity contribution in [2.45, 2.75) is 58.4 Å². The van der Waals surface area contributed by atoms with E-state index >= 15 is 0 Å². The summed E-state index contributed by atoms with van der Waals surface area (Å²) in [5, 5.41) is 0.784. The third-order valence-electron chi connectivity index (χ3n) is 5.89. The molecule has 0 radical (unpaired) electrons. The van der Waals surface area contributed by atoms with Crippen LogP contribution in [0, 0.1) is 5.92 Å². The standard InChI is InChI=1S/C23H33ClN2O/c1-17(2)15-21(16-23(3,4)19-7-9-20(24)10-8-19)25-11-13-26(14-12-25)22(27)18-5-6-18/h7-10,15,18,21H,5-6,11-14,16H2,1-4H3. The van der Waals surface area contributed by atoms with Crippen molar-refractivity contribution in [2.75, 3.05) is 26.2 Å². The number of nitrogens with zero attached hydrogens (tertiary/aromatic N) is 2. The number of rotatable bonds is 6. The molecule has 0 spiro atoms. The maximum Gasteiger partial charge on any atom is 0.225 e. The van der Waals surface area contributed by atoms with E-state index in [0.717, 1.165) is 50.5 Å². The molecule has 1 heterocycles. The van der Waals surface area contributed by atoms with E-state index in [9.17, 15) is 4.79 Å². The largest absolute Gasteiger partial charge is 0.340 e. The van der Waals surface area contributed by atoms with Crippen molar-refractivity contribution in [1.29, 1.82) is 0 Å². The Bertz CT molecular complexity index is 679. The molecule has 2 aliphatic rings. The van der Waals surface area contributed by atoms with E-state index in [1.807, 2.05) is 12.1 Å². The molecule has 27 heavy (non-hydrogen) atoms. The molecule has 1 aliphatic carbocycles. The number of halogens is 1. The first kappa shape index (κ1) is 20.4. The first-order valence-corrected chi connectivity index (χ1v) is 10.6. The zero-order valence-electron chi connectivity index (χ0n) is 17.2.